The number of amides is 1. The molecule has 0 spiro atoms. The smallest absolute Gasteiger partial charge is 0.227 e. The quantitative estimate of drug-likeness (QED) is 0.843. The van der Waals surface area contributed by atoms with E-state index >= 15 is 0 Å². The molecule has 5 heteroatoms. The lowest BCUT2D eigenvalue weighted by Crippen LogP contribution is -2.42. The number of carbonyl (C=O) groups is 1. The molecule has 0 aliphatic carbocycles. The molecule has 1 saturated heterocycles. The summed E-state index contributed by atoms with van der Waals surface area (Å²) >= 11 is 1.78. The van der Waals surface area contributed by atoms with E-state index in [9.17, 15) is 4.79 Å². The maximum Gasteiger partial charge on any atom is 0.227 e. The topological polar surface area (TPSA) is 36.4 Å². The van der Waals surface area contributed by atoms with Crippen LogP contribution in [0.3, 0.4) is 0 Å². The molecule has 2 aromatic rings. The normalized spacial score (nSPS) is 16.6. The van der Waals surface area contributed by atoms with Gasteiger partial charge in [0.1, 0.15) is 0 Å². The fraction of sp³-hybridized carbons (Fsp3) is 0.579. The molecule has 24 heavy (non-hydrogen) atoms. The first-order valence-corrected chi connectivity index (χ1v) is 9.52. The van der Waals surface area contributed by atoms with E-state index in [4.69, 9.17) is 4.98 Å². The SMILES string of the molecule is CN(CC1CCN(c2nc3ccccc3s2)CC1)C(=O)C(C)(C)C. The summed E-state index contributed by atoms with van der Waals surface area (Å²) in [5.41, 5.74) is 0.798. The number of aromatic nitrogens is 1. The second-order valence-electron chi connectivity index (χ2n) is 7.83. The molecule has 0 saturated carbocycles. The Bertz CT molecular complexity index is 678. The summed E-state index contributed by atoms with van der Waals surface area (Å²) in [7, 11) is 1.94. The van der Waals surface area contributed by atoms with Crippen molar-refractivity contribution in [1.82, 2.24) is 9.88 Å². The second-order valence-corrected chi connectivity index (χ2v) is 8.84. The molecule has 0 N–H and O–H groups in total. The van der Waals surface area contributed by atoms with Gasteiger partial charge in [-0.25, -0.2) is 4.98 Å². The lowest BCUT2D eigenvalue weighted by Gasteiger charge is -2.35. The van der Waals surface area contributed by atoms with Crippen molar-refractivity contribution in [2.24, 2.45) is 11.3 Å². The maximum atomic E-state index is 12.3. The van der Waals surface area contributed by atoms with Crippen LogP contribution >= 0.6 is 11.3 Å². The summed E-state index contributed by atoms with van der Waals surface area (Å²) in [6.07, 6.45) is 2.25. The molecule has 0 unspecified atom stereocenters. The Morgan fingerprint density at radius 2 is 1.96 bits per heavy atom. The summed E-state index contributed by atoms with van der Waals surface area (Å²) in [5, 5.41) is 1.13. The second kappa shape index (κ2) is 6.71. The van der Waals surface area contributed by atoms with Crippen molar-refractivity contribution in [3.63, 3.8) is 0 Å². The summed E-state index contributed by atoms with van der Waals surface area (Å²) in [6, 6.07) is 8.32. The highest BCUT2D eigenvalue weighted by molar-refractivity contribution is 7.22. The molecule has 2 heterocycles. The van der Waals surface area contributed by atoms with E-state index in [1.165, 1.54) is 4.70 Å². The predicted molar refractivity (Wildman–Crippen MR) is 102 cm³/mol. The Morgan fingerprint density at radius 1 is 1.29 bits per heavy atom. The van der Waals surface area contributed by atoms with Crippen LogP contribution in [0.2, 0.25) is 0 Å². The van der Waals surface area contributed by atoms with Crippen LogP contribution in [0, 0.1) is 11.3 Å². The molecule has 1 aliphatic heterocycles. The van der Waals surface area contributed by atoms with Crippen molar-refractivity contribution in [2.75, 3.05) is 31.6 Å². The standard InChI is InChI=1S/C19H27N3OS/c1-19(2,3)17(23)21(4)13-14-9-11-22(12-10-14)18-20-15-7-5-6-8-16(15)24-18/h5-8,14H,9-13H2,1-4H3. The third-order valence-corrected chi connectivity index (χ3v) is 5.79. The lowest BCUT2D eigenvalue weighted by atomic mass is 9.92. The fourth-order valence-electron chi connectivity index (χ4n) is 3.34. The minimum absolute atomic E-state index is 0.233. The van der Waals surface area contributed by atoms with Crippen LogP contribution in [0.4, 0.5) is 5.13 Å². The number of para-hydroxylation sites is 1. The van der Waals surface area contributed by atoms with Gasteiger partial charge >= 0.3 is 0 Å². The van der Waals surface area contributed by atoms with Crippen LogP contribution in [-0.2, 0) is 4.79 Å². The van der Waals surface area contributed by atoms with Crippen molar-refractivity contribution in [3.8, 4) is 0 Å². The minimum atomic E-state index is -0.295. The van der Waals surface area contributed by atoms with E-state index in [-0.39, 0.29) is 11.3 Å². The van der Waals surface area contributed by atoms with Gasteiger partial charge in [0.25, 0.3) is 0 Å². The first-order chi connectivity index (χ1) is 11.3. The molecule has 1 aromatic heterocycles. The van der Waals surface area contributed by atoms with Crippen molar-refractivity contribution < 1.29 is 4.79 Å². The molecule has 0 radical (unpaired) electrons. The van der Waals surface area contributed by atoms with Gasteiger partial charge in [-0.15, -0.1) is 0 Å². The third-order valence-electron chi connectivity index (χ3n) is 4.69. The van der Waals surface area contributed by atoms with Gasteiger partial charge in [-0.05, 0) is 30.9 Å². The highest BCUT2D eigenvalue weighted by atomic mass is 32.1. The zero-order valence-electron chi connectivity index (χ0n) is 15.1. The summed E-state index contributed by atoms with van der Waals surface area (Å²) in [5.74, 6) is 0.822. The van der Waals surface area contributed by atoms with Crippen LogP contribution in [0.1, 0.15) is 33.6 Å². The Hall–Kier alpha value is -1.62. The third kappa shape index (κ3) is 3.72. The molecule has 1 amide bonds. The minimum Gasteiger partial charge on any atom is -0.348 e. The Kier molecular flexibility index (Phi) is 4.81. The molecule has 0 bridgehead atoms. The zero-order valence-corrected chi connectivity index (χ0v) is 15.9. The summed E-state index contributed by atoms with van der Waals surface area (Å²) in [6.45, 7) is 8.89. The highest BCUT2D eigenvalue weighted by Gasteiger charge is 2.28. The molecule has 1 aromatic carbocycles. The molecule has 1 fully saturated rings. The first kappa shape index (κ1) is 17.2. The average molecular weight is 346 g/mol. The number of nitrogens with zero attached hydrogens (tertiary/aromatic N) is 3. The fourth-order valence-corrected chi connectivity index (χ4v) is 4.36. The van der Waals surface area contributed by atoms with Crippen LogP contribution < -0.4 is 4.90 Å². The number of thiazole rings is 1. The lowest BCUT2D eigenvalue weighted by molar-refractivity contribution is -0.138. The average Bonchev–Trinajstić information content (AvgIpc) is 2.98. The Labute approximate surface area is 148 Å². The van der Waals surface area contributed by atoms with Crippen LogP contribution in [-0.4, -0.2) is 42.5 Å². The van der Waals surface area contributed by atoms with Crippen molar-refractivity contribution in [1.29, 1.82) is 0 Å². The van der Waals surface area contributed by atoms with Gasteiger partial charge in [0, 0.05) is 32.1 Å². The number of rotatable bonds is 3. The van der Waals surface area contributed by atoms with Crippen molar-refractivity contribution in [3.05, 3.63) is 24.3 Å². The van der Waals surface area contributed by atoms with Gasteiger partial charge in [-0.2, -0.15) is 0 Å². The Balaban J connectivity index is 1.57. The van der Waals surface area contributed by atoms with Gasteiger partial charge < -0.3 is 9.80 Å². The van der Waals surface area contributed by atoms with E-state index in [0.717, 1.165) is 43.1 Å². The van der Waals surface area contributed by atoms with E-state index in [0.29, 0.717) is 5.92 Å². The molecular formula is C19H27N3OS. The predicted octanol–water partition coefficient (Wildman–Crippen LogP) is 4.02. The number of hydrogen-bond acceptors (Lipinski definition) is 4. The van der Waals surface area contributed by atoms with Crippen molar-refractivity contribution in [2.45, 2.75) is 33.6 Å². The summed E-state index contributed by atoms with van der Waals surface area (Å²) < 4.78 is 1.25. The van der Waals surface area contributed by atoms with Gasteiger partial charge in [0.05, 0.1) is 10.2 Å². The number of benzene rings is 1. The number of carbonyl (C=O) groups excluding carboxylic acids is 1. The molecule has 1 aliphatic rings. The van der Waals surface area contributed by atoms with Gasteiger partial charge in [0.2, 0.25) is 5.91 Å². The molecule has 0 atom stereocenters. The number of anilines is 1. The number of hydrogen-bond donors (Lipinski definition) is 0. The van der Waals surface area contributed by atoms with E-state index in [1.54, 1.807) is 11.3 Å². The van der Waals surface area contributed by atoms with Gasteiger partial charge in [-0.3, -0.25) is 4.79 Å². The molecule has 3 rings (SSSR count). The highest BCUT2D eigenvalue weighted by Crippen LogP contribution is 2.31. The van der Waals surface area contributed by atoms with Crippen LogP contribution in [0.15, 0.2) is 24.3 Å². The van der Waals surface area contributed by atoms with Gasteiger partial charge in [-0.1, -0.05) is 44.2 Å². The number of piperidine rings is 1. The maximum absolute atomic E-state index is 12.3. The van der Waals surface area contributed by atoms with E-state index in [2.05, 4.69) is 23.1 Å². The Morgan fingerprint density at radius 3 is 2.58 bits per heavy atom. The molecule has 4 nitrogen and oxygen atoms in total. The zero-order chi connectivity index (χ0) is 17.3. The van der Waals surface area contributed by atoms with Gasteiger partial charge in [0.15, 0.2) is 5.13 Å². The van der Waals surface area contributed by atoms with E-state index < -0.39 is 0 Å². The monoisotopic (exact) mass is 345 g/mol. The molecular weight excluding hydrogens is 318 g/mol. The largest absolute Gasteiger partial charge is 0.348 e. The summed E-state index contributed by atoms with van der Waals surface area (Å²) in [4.78, 5) is 21.4. The van der Waals surface area contributed by atoms with Crippen LogP contribution in [0.25, 0.3) is 10.2 Å². The van der Waals surface area contributed by atoms with Crippen LogP contribution in [0.5, 0.6) is 0 Å². The van der Waals surface area contributed by atoms with Crippen molar-refractivity contribution >= 4 is 32.6 Å². The number of fused-ring (bicyclic) bond motifs is 1. The molecule has 130 valence electrons. The first-order valence-electron chi connectivity index (χ1n) is 8.70. The van der Waals surface area contributed by atoms with E-state index in [1.807, 2.05) is 38.8 Å².